The van der Waals surface area contributed by atoms with Gasteiger partial charge in [0.05, 0.1) is 0 Å². The van der Waals surface area contributed by atoms with Crippen LogP contribution in [0.3, 0.4) is 0 Å². The van der Waals surface area contributed by atoms with E-state index in [1.807, 2.05) is 6.92 Å². The lowest BCUT2D eigenvalue weighted by atomic mass is 10.3. The molecule has 1 N–H and O–H groups in total. The molecule has 0 saturated carbocycles. The molecule has 0 unspecified atom stereocenters. The smallest absolute Gasteiger partial charge is 0.341 e. The van der Waals surface area contributed by atoms with Crippen LogP contribution in [0.5, 0.6) is 0 Å². The molecule has 2 rings (SSSR count). The van der Waals surface area contributed by atoms with Crippen LogP contribution in [0, 0.1) is 6.92 Å². The zero-order valence-corrected chi connectivity index (χ0v) is 9.41. The largest absolute Gasteiger partial charge is 0.477 e. The van der Waals surface area contributed by atoms with E-state index in [0.29, 0.717) is 5.82 Å². The molecule has 0 spiro atoms. The molecule has 0 amide bonds. The van der Waals surface area contributed by atoms with Crippen LogP contribution < -0.4 is 5.56 Å². The van der Waals surface area contributed by atoms with Crippen molar-refractivity contribution in [2.45, 2.75) is 6.92 Å². The van der Waals surface area contributed by atoms with E-state index in [1.54, 1.807) is 17.8 Å². The number of aromatic carboxylic acids is 1. The van der Waals surface area contributed by atoms with E-state index in [9.17, 15) is 9.59 Å². The monoisotopic (exact) mass is 233 g/mol. The molecule has 17 heavy (non-hydrogen) atoms. The fourth-order valence-corrected chi connectivity index (χ4v) is 1.50. The van der Waals surface area contributed by atoms with Gasteiger partial charge in [0.25, 0.3) is 5.56 Å². The van der Waals surface area contributed by atoms with Crippen molar-refractivity contribution >= 4 is 5.97 Å². The maximum absolute atomic E-state index is 11.9. The molecule has 0 aliphatic rings. The van der Waals surface area contributed by atoms with Crippen molar-refractivity contribution in [3.05, 3.63) is 46.0 Å². The predicted octanol–water partition coefficient (Wildman–Crippen LogP) is 0.578. The van der Waals surface area contributed by atoms with Gasteiger partial charge in [-0.05, 0) is 19.1 Å². The number of carboxylic acids is 1. The molecule has 0 fully saturated rings. The molecule has 0 aliphatic heterocycles. The fraction of sp³-hybridized carbons (Fsp3) is 0.182. The van der Waals surface area contributed by atoms with E-state index in [0.717, 1.165) is 5.69 Å². The molecule has 0 aliphatic carbocycles. The molecular weight excluding hydrogens is 222 g/mol. The average Bonchev–Trinajstić information content (AvgIpc) is 2.59. The number of nitrogens with zero attached hydrogens (tertiary/aromatic N) is 3. The zero-order chi connectivity index (χ0) is 12.6. The van der Waals surface area contributed by atoms with Crippen LogP contribution in [0.1, 0.15) is 16.1 Å². The second-order valence-corrected chi connectivity index (χ2v) is 3.67. The minimum Gasteiger partial charge on any atom is -0.477 e. The Morgan fingerprint density at radius 3 is 2.71 bits per heavy atom. The van der Waals surface area contributed by atoms with Crippen LogP contribution in [-0.2, 0) is 7.05 Å². The van der Waals surface area contributed by atoms with Gasteiger partial charge < -0.3 is 5.11 Å². The topological polar surface area (TPSA) is 77.1 Å². The Morgan fingerprint density at radius 1 is 1.47 bits per heavy atom. The van der Waals surface area contributed by atoms with E-state index < -0.39 is 11.5 Å². The van der Waals surface area contributed by atoms with Crippen LogP contribution in [0.4, 0.5) is 0 Å². The Morgan fingerprint density at radius 2 is 2.18 bits per heavy atom. The Hall–Kier alpha value is -2.37. The van der Waals surface area contributed by atoms with E-state index in [4.69, 9.17) is 5.11 Å². The molecular formula is C11H11N3O3. The van der Waals surface area contributed by atoms with Crippen molar-refractivity contribution in [1.82, 2.24) is 14.3 Å². The van der Waals surface area contributed by atoms with Gasteiger partial charge in [-0.1, -0.05) is 0 Å². The molecule has 6 heteroatoms. The maximum atomic E-state index is 11.9. The number of rotatable bonds is 2. The summed E-state index contributed by atoms with van der Waals surface area (Å²) < 4.78 is 2.84. The molecule has 0 atom stereocenters. The number of aryl methyl sites for hydroxylation is 2. The maximum Gasteiger partial charge on any atom is 0.341 e. The summed E-state index contributed by atoms with van der Waals surface area (Å²) in [5.41, 5.74) is 0.0292. The first-order valence-corrected chi connectivity index (χ1v) is 4.96. The molecule has 6 nitrogen and oxygen atoms in total. The average molecular weight is 233 g/mol. The molecule has 0 saturated heterocycles. The van der Waals surface area contributed by atoms with Crippen LogP contribution in [-0.4, -0.2) is 25.4 Å². The van der Waals surface area contributed by atoms with Crippen LogP contribution in [0.25, 0.3) is 5.82 Å². The van der Waals surface area contributed by atoms with E-state index >= 15 is 0 Å². The molecule has 0 bridgehead atoms. The quantitative estimate of drug-likeness (QED) is 0.823. The van der Waals surface area contributed by atoms with Gasteiger partial charge in [-0.2, -0.15) is 5.10 Å². The van der Waals surface area contributed by atoms with Gasteiger partial charge >= 0.3 is 5.97 Å². The fourth-order valence-electron chi connectivity index (χ4n) is 1.50. The van der Waals surface area contributed by atoms with E-state index in [-0.39, 0.29) is 5.56 Å². The summed E-state index contributed by atoms with van der Waals surface area (Å²) in [5, 5.41) is 13.0. The summed E-state index contributed by atoms with van der Waals surface area (Å²) >= 11 is 0. The third-order valence-corrected chi connectivity index (χ3v) is 2.53. The van der Waals surface area contributed by atoms with Crippen molar-refractivity contribution in [3.63, 3.8) is 0 Å². The van der Waals surface area contributed by atoms with E-state index in [1.165, 1.54) is 22.9 Å². The van der Waals surface area contributed by atoms with Gasteiger partial charge in [0, 0.05) is 25.0 Å². The van der Waals surface area contributed by atoms with Crippen molar-refractivity contribution in [1.29, 1.82) is 0 Å². The summed E-state index contributed by atoms with van der Waals surface area (Å²) in [5.74, 6) is -0.824. The Kier molecular flexibility index (Phi) is 2.55. The molecule has 0 radical (unpaired) electrons. The second kappa shape index (κ2) is 3.89. The number of carbonyl (C=O) groups is 1. The van der Waals surface area contributed by atoms with Crippen LogP contribution in [0.2, 0.25) is 0 Å². The van der Waals surface area contributed by atoms with Crippen LogP contribution >= 0.6 is 0 Å². The zero-order valence-electron chi connectivity index (χ0n) is 9.41. The summed E-state index contributed by atoms with van der Waals surface area (Å²) in [4.78, 5) is 22.7. The van der Waals surface area contributed by atoms with Crippen molar-refractivity contribution in [3.8, 4) is 5.82 Å². The summed E-state index contributed by atoms with van der Waals surface area (Å²) in [6, 6.07) is 4.50. The number of pyridine rings is 1. The molecule has 2 aromatic heterocycles. The standard InChI is InChI=1S/C11H11N3O3/c1-7-6-9(12-13(7)2)14-5-3-4-8(10(14)15)11(16)17/h3-6H,1-2H3,(H,16,17). The van der Waals surface area contributed by atoms with Crippen molar-refractivity contribution in [2.75, 3.05) is 0 Å². The van der Waals surface area contributed by atoms with Gasteiger partial charge in [-0.3, -0.25) is 14.0 Å². The van der Waals surface area contributed by atoms with Gasteiger partial charge in [0.2, 0.25) is 0 Å². The first kappa shape index (κ1) is 11.1. The number of aromatic nitrogens is 3. The predicted molar refractivity (Wildman–Crippen MR) is 60.5 cm³/mol. The highest BCUT2D eigenvalue weighted by Crippen LogP contribution is 2.05. The number of hydrogen-bond donors (Lipinski definition) is 1. The molecule has 2 aromatic rings. The molecule has 88 valence electrons. The summed E-state index contributed by atoms with van der Waals surface area (Å²) in [6.07, 6.45) is 1.50. The molecule has 2 heterocycles. The molecule has 0 aromatic carbocycles. The first-order valence-electron chi connectivity index (χ1n) is 4.96. The van der Waals surface area contributed by atoms with Gasteiger partial charge in [-0.25, -0.2) is 4.79 Å². The highest BCUT2D eigenvalue weighted by Gasteiger charge is 2.12. The number of carboxylic acid groups (broad SMARTS) is 1. The Balaban J connectivity index is 2.64. The summed E-state index contributed by atoms with van der Waals surface area (Å²) in [6.45, 7) is 1.85. The third kappa shape index (κ3) is 1.84. The Bertz CT molecular complexity index is 620. The van der Waals surface area contributed by atoms with Gasteiger partial charge in [-0.15, -0.1) is 0 Å². The minimum absolute atomic E-state index is 0.268. The first-order chi connectivity index (χ1) is 8.00. The van der Waals surface area contributed by atoms with Gasteiger partial charge in [0.1, 0.15) is 5.56 Å². The lowest BCUT2D eigenvalue weighted by molar-refractivity contribution is 0.0694. The lowest BCUT2D eigenvalue weighted by Crippen LogP contribution is -2.24. The van der Waals surface area contributed by atoms with E-state index in [2.05, 4.69) is 5.10 Å². The summed E-state index contributed by atoms with van der Waals surface area (Å²) in [7, 11) is 1.75. The highest BCUT2D eigenvalue weighted by atomic mass is 16.4. The Labute approximate surface area is 96.7 Å². The number of hydrogen-bond acceptors (Lipinski definition) is 3. The van der Waals surface area contributed by atoms with Crippen molar-refractivity contribution in [2.24, 2.45) is 7.05 Å². The SMILES string of the molecule is Cc1cc(-n2cccc(C(=O)O)c2=O)nn1C. The normalized spacial score (nSPS) is 10.5. The van der Waals surface area contributed by atoms with Gasteiger partial charge in [0.15, 0.2) is 5.82 Å². The highest BCUT2D eigenvalue weighted by molar-refractivity contribution is 5.87. The van der Waals surface area contributed by atoms with Crippen molar-refractivity contribution < 1.29 is 9.90 Å². The minimum atomic E-state index is -1.24. The van der Waals surface area contributed by atoms with Crippen LogP contribution in [0.15, 0.2) is 29.2 Å². The second-order valence-electron chi connectivity index (χ2n) is 3.67. The lowest BCUT2D eigenvalue weighted by Gasteiger charge is -2.01. The third-order valence-electron chi connectivity index (χ3n) is 2.53.